The number of hydrogen-bond acceptors (Lipinski definition) is 5. The Balaban J connectivity index is 1.24. The number of likely N-dealkylation sites (tertiary alicyclic amines) is 1. The Morgan fingerprint density at radius 1 is 1.08 bits per heavy atom. The number of nitrogens with zero attached hydrogens (tertiary/aromatic N) is 1. The summed E-state index contributed by atoms with van der Waals surface area (Å²) >= 11 is 0. The second-order valence-corrected chi connectivity index (χ2v) is 13.9. The zero-order valence-corrected chi connectivity index (χ0v) is 22.8. The lowest BCUT2D eigenvalue weighted by Crippen LogP contribution is -2.81. The van der Waals surface area contributed by atoms with Crippen LogP contribution in [0.5, 0.6) is 11.5 Å². The summed E-state index contributed by atoms with van der Waals surface area (Å²) < 4.78 is 19.7. The lowest BCUT2D eigenvalue weighted by molar-refractivity contribution is -0.290. The van der Waals surface area contributed by atoms with Crippen LogP contribution in [0.4, 0.5) is 0 Å². The summed E-state index contributed by atoms with van der Waals surface area (Å²) in [7, 11) is 3.68. The summed E-state index contributed by atoms with van der Waals surface area (Å²) in [4.78, 5) is 2.89. The minimum atomic E-state index is -0.432. The van der Waals surface area contributed by atoms with Gasteiger partial charge in [-0.25, -0.2) is 0 Å². The van der Waals surface area contributed by atoms with E-state index in [0.29, 0.717) is 6.04 Å². The fourth-order valence-corrected chi connectivity index (χ4v) is 11.0. The van der Waals surface area contributed by atoms with Crippen LogP contribution in [0.25, 0.3) is 0 Å². The highest BCUT2D eigenvalue weighted by Gasteiger charge is 2.81. The summed E-state index contributed by atoms with van der Waals surface area (Å²) in [6.45, 7) is 2.42. The highest BCUT2D eigenvalue weighted by Crippen LogP contribution is 2.77. The molecule has 5 heteroatoms. The van der Waals surface area contributed by atoms with Crippen molar-refractivity contribution in [2.75, 3.05) is 27.3 Å². The Morgan fingerprint density at radius 3 is 2.68 bits per heavy atom. The predicted octanol–water partition coefficient (Wildman–Crippen LogP) is 5.25. The molecule has 9 rings (SSSR count). The normalized spacial score (nSPS) is 42.5. The average Bonchev–Trinajstić information content (AvgIpc) is 3.43. The van der Waals surface area contributed by atoms with Crippen LogP contribution in [-0.4, -0.2) is 61.2 Å². The van der Waals surface area contributed by atoms with Crippen LogP contribution < -0.4 is 9.47 Å². The van der Waals surface area contributed by atoms with Crippen molar-refractivity contribution >= 4 is 0 Å². The molecule has 0 radical (unpaired) electrons. The number of aliphatic hydroxyl groups is 1. The zero-order chi connectivity index (χ0) is 25.0. The van der Waals surface area contributed by atoms with E-state index in [0.717, 1.165) is 68.4 Å². The molecule has 4 bridgehead atoms. The fraction of sp³-hybridized carbons (Fsp3) is 0.812. The van der Waals surface area contributed by atoms with Gasteiger partial charge in [-0.3, -0.25) is 4.90 Å². The van der Waals surface area contributed by atoms with Gasteiger partial charge >= 0.3 is 0 Å². The summed E-state index contributed by atoms with van der Waals surface area (Å²) in [6.07, 6.45) is 15.5. The highest BCUT2D eigenvalue weighted by molar-refractivity contribution is 5.63. The SMILES string of the molecule is COc1ccc2c3c1O[C@H]1[C@@]4(OC)CC[C@@]5(C[C@@H]4[C@@H](O)CCC4CCCC4)[C@@H](C2)N(CC2CC2)CC[C@]315. The van der Waals surface area contributed by atoms with E-state index in [2.05, 4.69) is 17.0 Å². The minimum absolute atomic E-state index is 0.0227. The van der Waals surface area contributed by atoms with Crippen LogP contribution in [0.3, 0.4) is 0 Å². The molecular weight excluding hydrogens is 462 g/mol. The number of aliphatic hydroxyl groups excluding tert-OH is 1. The third kappa shape index (κ3) is 2.92. The summed E-state index contributed by atoms with van der Waals surface area (Å²) in [6, 6.07) is 5.01. The van der Waals surface area contributed by atoms with E-state index in [-0.39, 0.29) is 29.0 Å². The van der Waals surface area contributed by atoms with Crippen molar-refractivity contribution < 1.29 is 19.3 Å². The number of ether oxygens (including phenoxy) is 3. The second kappa shape index (κ2) is 8.11. The van der Waals surface area contributed by atoms with Crippen molar-refractivity contribution in [1.29, 1.82) is 0 Å². The zero-order valence-electron chi connectivity index (χ0n) is 22.8. The second-order valence-electron chi connectivity index (χ2n) is 13.9. The Hall–Kier alpha value is -1.30. The lowest BCUT2D eigenvalue weighted by atomic mass is 9.34. The first-order chi connectivity index (χ1) is 18.1. The van der Waals surface area contributed by atoms with Crippen molar-refractivity contribution in [3.63, 3.8) is 0 Å². The highest BCUT2D eigenvalue weighted by atomic mass is 16.6. The molecule has 6 fully saturated rings. The molecule has 7 atom stereocenters. The number of hydrogen-bond donors (Lipinski definition) is 1. The number of fused-ring (bicyclic) bond motifs is 2. The van der Waals surface area contributed by atoms with Gasteiger partial charge in [-0.1, -0.05) is 31.7 Å². The molecule has 8 aliphatic rings. The van der Waals surface area contributed by atoms with Crippen molar-refractivity contribution in [3.8, 4) is 11.5 Å². The molecule has 1 aromatic carbocycles. The van der Waals surface area contributed by atoms with Gasteiger partial charge in [-0.15, -0.1) is 0 Å². The maximum Gasteiger partial charge on any atom is 0.165 e. The molecule has 0 amide bonds. The molecule has 1 saturated heterocycles. The van der Waals surface area contributed by atoms with Gasteiger partial charge in [-0.2, -0.15) is 0 Å². The maximum absolute atomic E-state index is 11.9. The van der Waals surface area contributed by atoms with E-state index in [1.807, 2.05) is 7.11 Å². The van der Waals surface area contributed by atoms with Gasteiger partial charge < -0.3 is 19.3 Å². The smallest absolute Gasteiger partial charge is 0.165 e. The molecule has 5 nitrogen and oxygen atoms in total. The molecule has 6 aliphatic carbocycles. The molecule has 0 aromatic heterocycles. The first-order valence-corrected chi connectivity index (χ1v) is 15.4. The van der Waals surface area contributed by atoms with E-state index in [1.165, 1.54) is 62.6 Å². The summed E-state index contributed by atoms with van der Waals surface area (Å²) in [5.74, 6) is 3.71. The van der Waals surface area contributed by atoms with Crippen molar-refractivity contribution in [2.45, 2.75) is 113 Å². The maximum atomic E-state index is 11.9. The van der Waals surface area contributed by atoms with E-state index in [9.17, 15) is 5.11 Å². The van der Waals surface area contributed by atoms with E-state index in [1.54, 1.807) is 7.11 Å². The van der Waals surface area contributed by atoms with Crippen LogP contribution >= 0.6 is 0 Å². The fourth-order valence-electron chi connectivity index (χ4n) is 11.0. The van der Waals surface area contributed by atoms with Gasteiger partial charge in [0.15, 0.2) is 11.5 Å². The third-order valence-corrected chi connectivity index (χ3v) is 12.7. The molecule has 2 spiro atoms. The largest absolute Gasteiger partial charge is 0.493 e. The Morgan fingerprint density at radius 2 is 1.92 bits per heavy atom. The number of rotatable bonds is 8. The van der Waals surface area contributed by atoms with E-state index >= 15 is 0 Å². The van der Waals surface area contributed by atoms with Gasteiger partial charge in [0.2, 0.25) is 0 Å². The molecule has 5 saturated carbocycles. The minimum Gasteiger partial charge on any atom is -0.493 e. The van der Waals surface area contributed by atoms with Crippen molar-refractivity contribution in [3.05, 3.63) is 23.3 Å². The van der Waals surface area contributed by atoms with Crippen LogP contribution in [0, 0.1) is 23.2 Å². The van der Waals surface area contributed by atoms with E-state index < -0.39 is 5.60 Å². The lowest BCUT2D eigenvalue weighted by Gasteiger charge is -2.74. The molecule has 1 aromatic rings. The van der Waals surface area contributed by atoms with Crippen molar-refractivity contribution in [2.24, 2.45) is 23.2 Å². The summed E-state index contributed by atoms with van der Waals surface area (Å²) in [5.41, 5.74) is 2.63. The van der Waals surface area contributed by atoms with Gasteiger partial charge in [0, 0.05) is 42.0 Å². The van der Waals surface area contributed by atoms with Crippen LogP contribution in [0.2, 0.25) is 0 Å². The number of methoxy groups -OCH3 is 2. The predicted molar refractivity (Wildman–Crippen MR) is 142 cm³/mol. The Kier molecular flexibility index (Phi) is 5.17. The summed E-state index contributed by atoms with van der Waals surface area (Å²) in [5, 5.41) is 11.9. The van der Waals surface area contributed by atoms with Gasteiger partial charge in [0.25, 0.3) is 0 Å². The van der Waals surface area contributed by atoms with Gasteiger partial charge in [0.1, 0.15) is 11.7 Å². The molecule has 2 heterocycles. The first-order valence-electron chi connectivity index (χ1n) is 15.4. The van der Waals surface area contributed by atoms with Crippen LogP contribution in [0.15, 0.2) is 12.1 Å². The molecule has 2 aliphatic heterocycles. The topological polar surface area (TPSA) is 51.2 Å². The third-order valence-electron chi connectivity index (χ3n) is 12.7. The standard InChI is InChI=1S/C32H45NO4/c1-35-25-12-10-22-17-26-30-13-14-32(36-2,23(18-30)24(34)11-9-20-5-3-4-6-20)29-31(30,27(22)28(25)37-29)15-16-33(26)19-21-7-8-21/h10,12,20-21,23-24,26,29,34H,3-9,11,13-19H2,1-2H3/t23-,24+,26-,29-,30-,31+,32-/m1/s1. The van der Waals surface area contributed by atoms with Gasteiger partial charge in [-0.05, 0) is 87.8 Å². The average molecular weight is 508 g/mol. The molecule has 37 heavy (non-hydrogen) atoms. The molecule has 202 valence electrons. The van der Waals surface area contributed by atoms with Crippen molar-refractivity contribution in [1.82, 2.24) is 4.90 Å². The molecule has 1 N–H and O–H groups in total. The van der Waals surface area contributed by atoms with E-state index in [4.69, 9.17) is 14.2 Å². The quantitative estimate of drug-likeness (QED) is 0.521. The van der Waals surface area contributed by atoms with Crippen LogP contribution in [0.1, 0.15) is 88.2 Å². The Labute approximate surface area is 222 Å². The number of benzene rings is 1. The molecular formula is C32H45NO4. The molecule has 0 unspecified atom stereocenters. The van der Waals surface area contributed by atoms with Gasteiger partial charge in [0.05, 0.1) is 13.2 Å². The Bertz CT molecular complexity index is 1080. The van der Waals surface area contributed by atoms with Crippen LogP contribution in [-0.2, 0) is 16.6 Å². The monoisotopic (exact) mass is 507 g/mol. The first kappa shape index (κ1) is 23.6. The number of piperidine rings is 1.